The number of para-hydroxylation sites is 1. The quantitative estimate of drug-likeness (QED) is 0.778. The molecule has 0 radical (unpaired) electrons. The summed E-state index contributed by atoms with van der Waals surface area (Å²) in [5.74, 6) is 0.223. The van der Waals surface area contributed by atoms with Crippen molar-refractivity contribution in [3.63, 3.8) is 0 Å². The molecule has 2 aromatic rings. The molecule has 1 amide bonds. The second-order valence-electron chi connectivity index (χ2n) is 8.80. The van der Waals surface area contributed by atoms with Gasteiger partial charge in [0.25, 0.3) is 0 Å². The van der Waals surface area contributed by atoms with Gasteiger partial charge in [0.05, 0.1) is 13.1 Å². The Morgan fingerprint density at radius 3 is 2.36 bits per heavy atom. The van der Waals surface area contributed by atoms with Gasteiger partial charge in [-0.1, -0.05) is 18.2 Å². The number of nitrogens with zero attached hydrogens (tertiary/aromatic N) is 2. The molecule has 0 spiro atoms. The molecular formula is C22H32N4O2. The van der Waals surface area contributed by atoms with Gasteiger partial charge in [0.1, 0.15) is 0 Å². The number of aromatic amines is 1. The predicted octanol–water partition coefficient (Wildman–Crippen LogP) is 2.58. The highest BCUT2D eigenvalue weighted by Gasteiger charge is 2.23. The Labute approximate surface area is 167 Å². The summed E-state index contributed by atoms with van der Waals surface area (Å²) < 4.78 is 0. The first-order valence-corrected chi connectivity index (χ1v) is 10.1. The second-order valence-corrected chi connectivity index (χ2v) is 8.80. The van der Waals surface area contributed by atoms with Gasteiger partial charge in [-0.3, -0.25) is 19.4 Å². The number of carbonyl (C=O) groups excluding carboxylic acids is 2. The van der Waals surface area contributed by atoms with Crippen molar-refractivity contribution in [2.45, 2.75) is 39.7 Å². The second kappa shape index (κ2) is 8.45. The lowest BCUT2D eigenvalue weighted by molar-refractivity contribution is -0.123. The maximum atomic E-state index is 13.0. The van der Waals surface area contributed by atoms with Crippen molar-refractivity contribution >= 4 is 22.6 Å². The van der Waals surface area contributed by atoms with Crippen molar-refractivity contribution in [3.05, 3.63) is 35.5 Å². The lowest BCUT2D eigenvalue weighted by atomic mass is 10.1. The van der Waals surface area contributed by atoms with Crippen molar-refractivity contribution in [3.8, 4) is 0 Å². The molecule has 0 aliphatic carbocycles. The summed E-state index contributed by atoms with van der Waals surface area (Å²) in [6, 6.07) is 7.96. The minimum atomic E-state index is -0.210. The average Bonchev–Trinajstić information content (AvgIpc) is 2.77. The summed E-state index contributed by atoms with van der Waals surface area (Å²) in [7, 11) is 0. The van der Waals surface area contributed by atoms with Gasteiger partial charge in [-0.05, 0) is 53.3 Å². The topological polar surface area (TPSA) is 68.4 Å². The smallest absolute Gasteiger partial charge is 0.234 e. The monoisotopic (exact) mass is 384 g/mol. The fourth-order valence-corrected chi connectivity index (χ4v) is 3.92. The number of rotatable bonds is 5. The lowest BCUT2D eigenvalue weighted by Gasteiger charge is -2.25. The summed E-state index contributed by atoms with van der Waals surface area (Å²) in [6.07, 6.45) is 0.961. The molecule has 0 unspecified atom stereocenters. The summed E-state index contributed by atoms with van der Waals surface area (Å²) in [4.78, 5) is 32.9. The maximum absolute atomic E-state index is 13.0. The first-order valence-electron chi connectivity index (χ1n) is 10.1. The van der Waals surface area contributed by atoms with Crippen LogP contribution in [0.4, 0.5) is 0 Å². The fraction of sp³-hybridized carbons (Fsp3) is 0.545. The molecule has 1 saturated heterocycles. The molecule has 2 N–H and O–H groups in total. The number of nitrogens with one attached hydrogen (secondary N) is 2. The Balaban J connectivity index is 1.58. The number of aromatic nitrogens is 1. The van der Waals surface area contributed by atoms with Gasteiger partial charge in [0.15, 0.2) is 5.78 Å². The first kappa shape index (κ1) is 20.6. The summed E-state index contributed by atoms with van der Waals surface area (Å²) >= 11 is 0. The van der Waals surface area contributed by atoms with Crippen molar-refractivity contribution in [2.75, 3.05) is 39.3 Å². The number of benzene rings is 1. The highest BCUT2D eigenvalue weighted by atomic mass is 16.2. The van der Waals surface area contributed by atoms with E-state index in [0.717, 1.165) is 54.8 Å². The number of H-pyrrole nitrogens is 1. The molecule has 1 aliphatic heterocycles. The largest absolute Gasteiger partial charge is 0.358 e. The number of hydrogen-bond donors (Lipinski definition) is 2. The minimum absolute atomic E-state index is 0.0615. The average molecular weight is 385 g/mol. The van der Waals surface area contributed by atoms with Crippen LogP contribution in [0.3, 0.4) is 0 Å². The van der Waals surface area contributed by atoms with E-state index in [1.807, 2.05) is 52.0 Å². The Hall–Kier alpha value is -2.18. The summed E-state index contributed by atoms with van der Waals surface area (Å²) in [6.45, 7) is 12.2. The van der Waals surface area contributed by atoms with Crippen LogP contribution in [0, 0.1) is 6.92 Å². The van der Waals surface area contributed by atoms with E-state index in [2.05, 4.69) is 20.1 Å². The van der Waals surface area contributed by atoms with Crippen LogP contribution in [0.2, 0.25) is 0 Å². The molecule has 2 heterocycles. The van der Waals surface area contributed by atoms with Crippen LogP contribution < -0.4 is 5.32 Å². The molecule has 1 fully saturated rings. The molecule has 0 atom stereocenters. The van der Waals surface area contributed by atoms with Crippen molar-refractivity contribution in [2.24, 2.45) is 0 Å². The zero-order valence-electron chi connectivity index (χ0n) is 17.5. The van der Waals surface area contributed by atoms with Crippen LogP contribution in [-0.4, -0.2) is 71.3 Å². The Morgan fingerprint density at radius 1 is 1.04 bits per heavy atom. The van der Waals surface area contributed by atoms with Gasteiger partial charge in [0, 0.05) is 40.8 Å². The SMILES string of the molecule is Cc1[nH]c2ccccc2c1C(=O)CN1CCCN(CC(=O)NC(C)(C)C)CC1. The predicted molar refractivity (Wildman–Crippen MR) is 113 cm³/mol. The number of Topliss-reactive ketones (excluding diaryl/α,β-unsaturated/α-hetero) is 1. The van der Waals surface area contributed by atoms with E-state index in [0.29, 0.717) is 13.1 Å². The Bertz CT molecular complexity index is 850. The third-order valence-corrected chi connectivity index (χ3v) is 5.10. The van der Waals surface area contributed by atoms with E-state index in [4.69, 9.17) is 0 Å². The number of aryl methyl sites for hydroxylation is 1. The molecule has 1 aromatic carbocycles. The number of carbonyl (C=O) groups is 2. The third-order valence-electron chi connectivity index (χ3n) is 5.10. The number of fused-ring (bicyclic) bond motifs is 1. The third kappa shape index (κ3) is 5.20. The molecule has 1 aliphatic rings. The zero-order chi connectivity index (χ0) is 20.3. The normalized spacial score (nSPS) is 16.9. The number of hydrogen-bond acceptors (Lipinski definition) is 4. The molecule has 152 valence electrons. The van der Waals surface area contributed by atoms with Gasteiger partial charge in [-0.15, -0.1) is 0 Å². The van der Waals surface area contributed by atoms with Gasteiger partial charge < -0.3 is 10.3 Å². The molecule has 1 aromatic heterocycles. The first-order chi connectivity index (χ1) is 13.2. The van der Waals surface area contributed by atoms with Crippen LogP contribution in [0.1, 0.15) is 43.2 Å². The standard InChI is InChI=1S/C22H32N4O2/c1-16-21(17-8-5-6-9-18(17)23-16)19(27)14-25-10-7-11-26(13-12-25)15-20(28)24-22(2,3)4/h5-6,8-9,23H,7,10-15H2,1-4H3,(H,24,28). The zero-order valence-corrected chi connectivity index (χ0v) is 17.5. The maximum Gasteiger partial charge on any atom is 0.234 e. The number of amides is 1. The van der Waals surface area contributed by atoms with Crippen molar-refractivity contribution < 1.29 is 9.59 Å². The molecule has 3 rings (SSSR count). The van der Waals surface area contributed by atoms with Crippen LogP contribution in [0.15, 0.2) is 24.3 Å². The van der Waals surface area contributed by atoms with E-state index >= 15 is 0 Å². The summed E-state index contributed by atoms with van der Waals surface area (Å²) in [5, 5.41) is 4.02. The Kier molecular flexibility index (Phi) is 6.20. The van der Waals surface area contributed by atoms with Gasteiger partial charge in [0.2, 0.25) is 5.91 Å². The molecule has 6 heteroatoms. The van der Waals surface area contributed by atoms with Crippen LogP contribution in [0.25, 0.3) is 10.9 Å². The van der Waals surface area contributed by atoms with Crippen molar-refractivity contribution in [1.29, 1.82) is 0 Å². The molecule has 0 saturated carbocycles. The van der Waals surface area contributed by atoms with Crippen LogP contribution in [-0.2, 0) is 4.79 Å². The van der Waals surface area contributed by atoms with Gasteiger partial charge >= 0.3 is 0 Å². The van der Waals surface area contributed by atoms with Gasteiger partial charge in [-0.25, -0.2) is 0 Å². The molecule has 6 nitrogen and oxygen atoms in total. The molecular weight excluding hydrogens is 352 g/mol. The van der Waals surface area contributed by atoms with Gasteiger partial charge in [-0.2, -0.15) is 0 Å². The fourth-order valence-electron chi connectivity index (χ4n) is 3.92. The van der Waals surface area contributed by atoms with E-state index in [9.17, 15) is 9.59 Å². The van der Waals surface area contributed by atoms with Crippen molar-refractivity contribution in [1.82, 2.24) is 20.1 Å². The van der Waals surface area contributed by atoms with E-state index < -0.39 is 0 Å². The van der Waals surface area contributed by atoms with Crippen LogP contribution >= 0.6 is 0 Å². The molecule has 0 bridgehead atoms. The number of ketones is 1. The Morgan fingerprint density at radius 2 is 1.68 bits per heavy atom. The highest BCUT2D eigenvalue weighted by Crippen LogP contribution is 2.22. The van der Waals surface area contributed by atoms with E-state index in [1.165, 1.54) is 0 Å². The summed E-state index contributed by atoms with van der Waals surface area (Å²) in [5.41, 5.74) is 2.54. The van der Waals surface area contributed by atoms with E-state index in [1.54, 1.807) is 0 Å². The minimum Gasteiger partial charge on any atom is -0.358 e. The lowest BCUT2D eigenvalue weighted by Crippen LogP contribution is -2.46. The molecule has 28 heavy (non-hydrogen) atoms. The van der Waals surface area contributed by atoms with Crippen LogP contribution in [0.5, 0.6) is 0 Å². The highest BCUT2D eigenvalue weighted by molar-refractivity contribution is 6.10. The van der Waals surface area contributed by atoms with E-state index in [-0.39, 0.29) is 17.2 Å².